The van der Waals surface area contributed by atoms with Crippen molar-refractivity contribution in [1.29, 1.82) is 0 Å². The van der Waals surface area contributed by atoms with Crippen LogP contribution in [0.2, 0.25) is 0 Å². The minimum Gasteiger partial charge on any atom is -0.481 e. The summed E-state index contributed by atoms with van der Waals surface area (Å²) in [7, 11) is 0. The summed E-state index contributed by atoms with van der Waals surface area (Å²) < 4.78 is 5.91. The fourth-order valence-electron chi connectivity index (χ4n) is 4.73. The van der Waals surface area contributed by atoms with E-state index in [4.69, 9.17) is 9.84 Å². The zero-order valence-corrected chi connectivity index (χ0v) is 27.3. The third-order valence-electron chi connectivity index (χ3n) is 7.24. The van der Waals surface area contributed by atoms with E-state index >= 15 is 0 Å². The number of allylic oxidation sites excluding steroid dienone is 10. The van der Waals surface area contributed by atoms with E-state index in [0.717, 1.165) is 83.5 Å². The van der Waals surface area contributed by atoms with Gasteiger partial charge >= 0.3 is 11.9 Å². The monoisotopic (exact) mass is 584 g/mol. The quantitative estimate of drug-likeness (QED) is 0.0518. The number of hydrogen-bond donors (Lipinski definition) is 1. The molecule has 4 nitrogen and oxygen atoms in total. The number of esters is 1. The van der Waals surface area contributed by atoms with Crippen molar-refractivity contribution in [2.45, 2.75) is 168 Å². The van der Waals surface area contributed by atoms with Crippen molar-refractivity contribution < 1.29 is 19.4 Å². The van der Waals surface area contributed by atoms with Crippen molar-refractivity contribution in [3.8, 4) is 0 Å². The molecule has 0 aromatic rings. The first-order valence-corrected chi connectivity index (χ1v) is 17.3. The second kappa shape index (κ2) is 33.1. The number of carbonyl (C=O) groups is 2. The summed E-state index contributed by atoms with van der Waals surface area (Å²) in [6.45, 7) is 4.40. The Hall–Kier alpha value is -2.36. The standard InChI is InChI=1S/C38H64O4/c1-3-5-7-9-11-13-15-16-18-20-22-27-31-35-38(41)42-36(33-29-25-23-26-30-34-37(39)40)32-28-24-21-19-17-14-12-10-8-6-4-2/h5,7,11,13,16,18-19,21-22,27,36H,3-4,6,8-10,12,14-15,17,20,23-26,28-35H2,1-2H3,(H,39,40)/b7-5-,13-11-,18-16-,21-19-,27-22-. The number of carbonyl (C=O) groups excluding carboxylic acids is 1. The van der Waals surface area contributed by atoms with Crippen molar-refractivity contribution in [3.63, 3.8) is 0 Å². The minimum atomic E-state index is -0.715. The number of ether oxygens (including phenoxy) is 1. The molecule has 1 N–H and O–H groups in total. The van der Waals surface area contributed by atoms with E-state index in [-0.39, 0.29) is 18.5 Å². The molecule has 0 aromatic heterocycles. The van der Waals surface area contributed by atoms with Crippen LogP contribution in [0.25, 0.3) is 0 Å². The molecule has 0 aliphatic rings. The SMILES string of the molecule is CC/C=C\C/C=C\C/C=C\C/C=C\CCC(=O)OC(CCC/C=C\CCCCCCCC)CCCCCCCC(=O)O. The first-order chi connectivity index (χ1) is 20.6. The number of hydrogen-bond acceptors (Lipinski definition) is 3. The molecular formula is C38H64O4. The van der Waals surface area contributed by atoms with Crippen molar-refractivity contribution in [2.75, 3.05) is 0 Å². The second-order valence-corrected chi connectivity index (χ2v) is 11.3. The van der Waals surface area contributed by atoms with Crippen molar-refractivity contribution in [1.82, 2.24) is 0 Å². The van der Waals surface area contributed by atoms with Crippen LogP contribution >= 0.6 is 0 Å². The van der Waals surface area contributed by atoms with Crippen molar-refractivity contribution in [3.05, 3.63) is 60.8 Å². The topological polar surface area (TPSA) is 63.6 Å². The van der Waals surface area contributed by atoms with Gasteiger partial charge in [0.2, 0.25) is 0 Å². The fourth-order valence-corrected chi connectivity index (χ4v) is 4.73. The van der Waals surface area contributed by atoms with E-state index in [1.807, 2.05) is 0 Å². The van der Waals surface area contributed by atoms with E-state index in [1.165, 1.54) is 44.9 Å². The molecule has 0 rings (SSSR count). The zero-order valence-electron chi connectivity index (χ0n) is 27.3. The molecule has 1 atom stereocenters. The van der Waals surface area contributed by atoms with Crippen LogP contribution in [0.1, 0.15) is 162 Å². The van der Waals surface area contributed by atoms with Crippen LogP contribution in [0, 0.1) is 0 Å². The lowest BCUT2D eigenvalue weighted by atomic mass is 10.0. The van der Waals surface area contributed by atoms with Gasteiger partial charge in [0, 0.05) is 12.8 Å². The van der Waals surface area contributed by atoms with Gasteiger partial charge in [-0.1, -0.05) is 126 Å². The van der Waals surface area contributed by atoms with Crippen LogP contribution in [-0.2, 0) is 14.3 Å². The molecule has 0 radical (unpaired) electrons. The summed E-state index contributed by atoms with van der Waals surface area (Å²) in [6, 6.07) is 0. The molecule has 240 valence electrons. The van der Waals surface area contributed by atoms with Crippen LogP contribution < -0.4 is 0 Å². The third-order valence-corrected chi connectivity index (χ3v) is 7.24. The first kappa shape index (κ1) is 39.6. The van der Waals surface area contributed by atoms with Crippen LogP contribution in [0.5, 0.6) is 0 Å². The van der Waals surface area contributed by atoms with Crippen molar-refractivity contribution in [2.24, 2.45) is 0 Å². The average Bonchev–Trinajstić information content (AvgIpc) is 2.97. The van der Waals surface area contributed by atoms with Gasteiger partial charge < -0.3 is 9.84 Å². The molecule has 1 unspecified atom stereocenters. The van der Waals surface area contributed by atoms with E-state index < -0.39 is 5.97 Å². The minimum absolute atomic E-state index is 0.0130. The molecule has 42 heavy (non-hydrogen) atoms. The summed E-state index contributed by atoms with van der Waals surface area (Å²) >= 11 is 0. The van der Waals surface area contributed by atoms with E-state index in [1.54, 1.807) is 0 Å². The Morgan fingerprint density at radius 3 is 1.69 bits per heavy atom. The first-order valence-electron chi connectivity index (χ1n) is 17.3. The highest BCUT2D eigenvalue weighted by atomic mass is 16.5. The van der Waals surface area contributed by atoms with Crippen molar-refractivity contribution >= 4 is 11.9 Å². The molecule has 4 heteroatoms. The highest BCUT2D eigenvalue weighted by Gasteiger charge is 2.13. The van der Waals surface area contributed by atoms with Crippen LogP contribution in [0.4, 0.5) is 0 Å². The van der Waals surface area contributed by atoms with Gasteiger partial charge in [0.05, 0.1) is 0 Å². The summed E-state index contributed by atoms with van der Waals surface area (Å²) in [6.07, 6.45) is 45.2. The molecule has 0 bridgehead atoms. The van der Waals surface area contributed by atoms with Crippen LogP contribution in [-0.4, -0.2) is 23.1 Å². The summed E-state index contributed by atoms with van der Waals surface area (Å²) in [4.78, 5) is 23.2. The molecule has 0 heterocycles. The number of unbranched alkanes of at least 4 members (excludes halogenated alkanes) is 11. The molecular weight excluding hydrogens is 520 g/mol. The van der Waals surface area contributed by atoms with Gasteiger partial charge in [-0.3, -0.25) is 9.59 Å². The average molecular weight is 585 g/mol. The Kier molecular flexibility index (Phi) is 31.3. The van der Waals surface area contributed by atoms with Gasteiger partial charge in [0.25, 0.3) is 0 Å². The molecule has 0 aliphatic carbocycles. The predicted octanol–water partition coefficient (Wildman–Crippen LogP) is 11.8. The van der Waals surface area contributed by atoms with Gasteiger partial charge in [-0.25, -0.2) is 0 Å². The lowest BCUT2D eigenvalue weighted by Gasteiger charge is -2.17. The van der Waals surface area contributed by atoms with Crippen LogP contribution in [0.15, 0.2) is 60.8 Å². The molecule has 0 spiro atoms. The maximum Gasteiger partial charge on any atom is 0.306 e. The molecule has 0 fully saturated rings. The largest absolute Gasteiger partial charge is 0.481 e. The summed E-state index contributed by atoms with van der Waals surface area (Å²) in [5, 5.41) is 8.78. The predicted molar refractivity (Wildman–Crippen MR) is 181 cm³/mol. The van der Waals surface area contributed by atoms with E-state index in [2.05, 4.69) is 74.6 Å². The Labute approximate surface area is 259 Å². The molecule has 0 aliphatic heterocycles. The van der Waals surface area contributed by atoms with Gasteiger partial charge in [0.1, 0.15) is 6.10 Å². The summed E-state index contributed by atoms with van der Waals surface area (Å²) in [5.41, 5.74) is 0. The highest BCUT2D eigenvalue weighted by molar-refractivity contribution is 5.69. The number of carboxylic acid groups (broad SMARTS) is 1. The zero-order chi connectivity index (χ0) is 30.8. The Morgan fingerprint density at radius 1 is 0.548 bits per heavy atom. The number of carboxylic acids is 1. The fraction of sp³-hybridized carbons (Fsp3) is 0.684. The summed E-state index contributed by atoms with van der Waals surface area (Å²) in [5.74, 6) is -0.809. The van der Waals surface area contributed by atoms with Gasteiger partial charge in [-0.05, 0) is 83.5 Å². The number of aliphatic carboxylic acids is 1. The lowest BCUT2D eigenvalue weighted by Crippen LogP contribution is -2.18. The maximum atomic E-state index is 12.5. The molecule has 0 saturated heterocycles. The van der Waals surface area contributed by atoms with E-state index in [9.17, 15) is 9.59 Å². The van der Waals surface area contributed by atoms with Gasteiger partial charge in [0.15, 0.2) is 0 Å². The highest BCUT2D eigenvalue weighted by Crippen LogP contribution is 2.17. The van der Waals surface area contributed by atoms with Gasteiger partial charge in [-0.15, -0.1) is 0 Å². The Bertz CT molecular complexity index is 759. The molecule has 0 saturated carbocycles. The number of rotatable bonds is 30. The lowest BCUT2D eigenvalue weighted by molar-refractivity contribution is -0.149. The molecule has 0 aromatic carbocycles. The van der Waals surface area contributed by atoms with E-state index in [0.29, 0.717) is 12.8 Å². The third kappa shape index (κ3) is 32.2. The molecule has 0 amide bonds. The normalized spacial score (nSPS) is 13.0. The van der Waals surface area contributed by atoms with Crippen LogP contribution in [0.3, 0.4) is 0 Å². The smallest absolute Gasteiger partial charge is 0.306 e. The van der Waals surface area contributed by atoms with Gasteiger partial charge in [-0.2, -0.15) is 0 Å². The Morgan fingerprint density at radius 2 is 1.05 bits per heavy atom. The Balaban J connectivity index is 4.27. The second-order valence-electron chi connectivity index (χ2n) is 11.3. The maximum absolute atomic E-state index is 12.5.